The Morgan fingerprint density at radius 3 is 2.00 bits per heavy atom. The number of β-amino-alcohol motifs (C(OH)–C–C–N with tert-alkyl or cyclic N) is 1. The number of carbonyl (C=O) groups is 2. The molecular formula is C18H17NO3. The first kappa shape index (κ1) is 14.5. The van der Waals surface area contributed by atoms with E-state index in [9.17, 15) is 14.7 Å². The quantitative estimate of drug-likeness (QED) is 0.882. The second-order valence-electron chi connectivity index (χ2n) is 5.38. The SMILES string of the molecule is CCc1ccc(C(O)CN2C(=O)c3ccccc3C2=O)cc1. The number of amides is 2. The molecular weight excluding hydrogens is 278 g/mol. The lowest BCUT2D eigenvalue weighted by Crippen LogP contribution is -2.33. The minimum absolute atomic E-state index is 0.0299. The Bertz CT molecular complexity index is 686. The zero-order valence-corrected chi connectivity index (χ0v) is 12.3. The number of benzene rings is 2. The summed E-state index contributed by atoms with van der Waals surface area (Å²) >= 11 is 0. The van der Waals surface area contributed by atoms with Gasteiger partial charge in [0.2, 0.25) is 0 Å². The number of fused-ring (bicyclic) bond motifs is 1. The van der Waals surface area contributed by atoms with Crippen LogP contribution >= 0.6 is 0 Å². The van der Waals surface area contributed by atoms with E-state index in [0.29, 0.717) is 16.7 Å². The van der Waals surface area contributed by atoms with Crippen LogP contribution in [0.1, 0.15) is 44.9 Å². The first-order valence-electron chi connectivity index (χ1n) is 7.34. The van der Waals surface area contributed by atoms with E-state index in [1.165, 1.54) is 5.56 Å². The highest BCUT2D eigenvalue weighted by atomic mass is 16.3. The van der Waals surface area contributed by atoms with Crippen LogP contribution in [0, 0.1) is 0 Å². The molecule has 1 N–H and O–H groups in total. The predicted octanol–water partition coefficient (Wildman–Crippen LogP) is 2.58. The minimum atomic E-state index is -0.881. The number of aliphatic hydroxyl groups excluding tert-OH is 1. The van der Waals surface area contributed by atoms with Gasteiger partial charge in [-0.25, -0.2) is 0 Å². The summed E-state index contributed by atoms with van der Waals surface area (Å²) in [6, 6.07) is 14.3. The van der Waals surface area contributed by atoms with Crippen molar-refractivity contribution in [2.45, 2.75) is 19.4 Å². The number of imide groups is 1. The summed E-state index contributed by atoms with van der Waals surface area (Å²) < 4.78 is 0. The number of carbonyl (C=O) groups excluding carboxylic acids is 2. The highest BCUT2D eigenvalue weighted by Gasteiger charge is 2.36. The summed E-state index contributed by atoms with van der Waals surface area (Å²) in [6.07, 6.45) is 0.0440. The summed E-state index contributed by atoms with van der Waals surface area (Å²) in [5.74, 6) is -0.686. The average Bonchev–Trinajstić information content (AvgIpc) is 2.80. The third-order valence-corrected chi connectivity index (χ3v) is 4.01. The van der Waals surface area contributed by atoms with E-state index in [1.807, 2.05) is 24.3 Å². The number of hydrogen-bond donors (Lipinski definition) is 1. The highest BCUT2D eigenvalue weighted by Crippen LogP contribution is 2.25. The van der Waals surface area contributed by atoms with Gasteiger partial charge in [-0.15, -0.1) is 0 Å². The van der Waals surface area contributed by atoms with E-state index in [1.54, 1.807) is 24.3 Å². The Labute approximate surface area is 129 Å². The molecule has 2 amide bonds. The normalized spacial score (nSPS) is 15.1. The largest absolute Gasteiger partial charge is 0.387 e. The molecule has 4 heteroatoms. The number of rotatable bonds is 4. The Balaban J connectivity index is 1.79. The molecule has 1 unspecified atom stereocenters. The van der Waals surface area contributed by atoms with E-state index in [-0.39, 0.29) is 18.4 Å². The smallest absolute Gasteiger partial charge is 0.261 e. The predicted molar refractivity (Wildman–Crippen MR) is 82.6 cm³/mol. The summed E-state index contributed by atoms with van der Waals surface area (Å²) in [6.45, 7) is 2.03. The maximum atomic E-state index is 12.3. The molecule has 112 valence electrons. The van der Waals surface area contributed by atoms with Gasteiger partial charge < -0.3 is 5.11 Å². The van der Waals surface area contributed by atoms with Crippen LogP contribution in [0.4, 0.5) is 0 Å². The Hall–Kier alpha value is -2.46. The average molecular weight is 295 g/mol. The van der Waals surface area contributed by atoms with Crippen molar-refractivity contribution in [1.82, 2.24) is 4.90 Å². The molecule has 0 aliphatic carbocycles. The van der Waals surface area contributed by atoms with Crippen molar-refractivity contribution < 1.29 is 14.7 Å². The van der Waals surface area contributed by atoms with Crippen molar-refractivity contribution in [2.75, 3.05) is 6.54 Å². The molecule has 2 aromatic rings. The van der Waals surface area contributed by atoms with Crippen LogP contribution < -0.4 is 0 Å². The van der Waals surface area contributed by atoms with Crippen molar-refractivity contribution in [3.8, 4) is 0 Å². The number of nitrogens with zero attached hydrogens (tertiary/aromatic N) is 1. The van der Waals surface area contributed by atoms with E-state index in [0.717, 1.165) is 11.3 Å². The molecule has 0 radical (unpaired) electrons. The fourth-order valence-electron chi connectivity index (χ4n) is 2.66. The van der Waals surface area contributed by atoms with Gasteiger partial charge in [0.1, 0.15) is 0 Å². The maximum absolute atomic E-state index is 12.3. The summed E-state index contributed by atoms with van der Waals surface area (Å²) in [5.41, 5.74) is 2.69. The van der Waals surface area contributed by atoms with Crippen molar-refractivity contribution in [3.63, 3.8) is 0 Å². The molecule has 4 nitrogen and oxygen atoms in total. The summed E-state index contributed by atoms with van der Waals surface area (Å²) in [4.78, 5) is 25.7. The maximum Gasteiger partial charge on any atom is 0.261 e. The molecule has 1 heterocycles. The van der Waals surface area contributed by atoms with Crippen molar-refractivity contribution >= 4 is 11.8 Å². The van der Waals surface area contributed by atoms with Crippen LogP contribution in [0.15, 0.2) is 48.5 Å². The van der Waals surface area contributed by atoms with E-state index in [4.69, 9.17) is 0 Å². The van der Waals surface area contributed by atoms with Gasteiger partial charge in [-0.05, 0) is 29.7 Å². The minimum Gasteiger partial charge on any atom is -0.387 e. The van der Waals surface area contributed by atoms with Crippen LogP contribution in [0.2, 0.25) is 0 Å². The van der Waals surface area contributed by atoms with Crippen LogP contribution in [0.5, 0.6) is 0 Å². The molecule has 0 saturated carbocycles. The lowest BCUT2D eigenvalue weighted by Gasteiger charge is -2.19. The number of aliphatic hydroxyl groups is 1. The van der Waals surface area contributed by atoms with Gasteiger partial charge in [0.15, 0.2) is 0 Å². The third kappa shape index (κ3) is 2.42. The van der Waals surface area contributed by atoms with Gasteiger partial charge in [-0.1, -0.05) is 43.3 Å². The van der Waals surface area contributed by atoms with Gasteiger partial charge >= 0.3 is 0 Å². The third-order valence-electron chi connectivity index (χ3n) is 4.01. The van der Waals surface area contributed by atoms with E-state index < -0.39 is 6.10 Å². The zero-order valence-electron chi connectivity index (χ0n) is 12.3. The summed E-state index contributed by atoms with van der Waals surface area (Å²) in [5, 5.41) is 10.3. The lowest BCUT2D eigenvalue weighted by molar-refractivity contribution is 0.0543. The monoisotopic (exact) mass is 295 g/mol. The topological polar surface area (TPSA) is 57.6 Å². The number of aryl methyl sites for hydroxylation is 1. The molecule has 0 aromatic heterocycles. The molecule has 1 aliphatic rings. The fourth-order valence-corrected chi connectivity index (χ4v) is 2.66. The second-order valence-corrected chi connectivity index (χ2v) is 5.38. The van der Waals surface area contributed by atoms with Crippen LogP contribution in [-0.4, -0.2) is 28.4 Å². The molecule has 0 bridgehead atoms. The zero-order chi connectivity index (χ0) is 15.7. The Morgan fingerprint density at radius 2 is 1.50 bits per heavy atom. The van der Waals surface area contributed by atoms with Gasteiger partial charge in [-0.3, -0.25) is 14.5 Å². The van der Waals surface area contributed by atoms with E-state index in [2.05, 4.69) is 6.92 Å². The van der Waals surface area contributed by atoms with Gasteiger partial charge in [-0.2, -0.15) is 0 Å². The van der Waals surface area contributed by atoms with Crippen molar-refractivity contribution in [2.24, 2.45) is 0 Å². The Kier molecular flexibility index (Phi) is 3.77. The van der Waals surface area contributed by atoms with Crippen LogP contribution in [0.25, 0.3) is 0 Å². The van der Waals surface area contributed by atoms with Gasteiger partial charge in [0.05, 0.1) is 23.8 Å². The standard InChI is InChI=1S/C18H17NO3/c1-2-12-7-9-13(10-8-12)16(20)11-19-17(21)14-5-3-4-6-15(14)18(19)22/h3-10,16,20H,2,11H2,1H3. The second kappa shape index (κ2) is 5.73. The molecule has 22 heavy (non-hydrogen) atoms. The van der Waals surface area contributed by atoms with Gasteiger partial charge in [0.25, 0.3) is 11.8 Å². The van der Waals surface area contributed by atoms with Gasteiger partial charge in [0, 0.05) is 0 Å². The molecule has 3 rings (SSSR count). The van der Waals surface area contributed by atoms with Crippen molar-refractivity contribution in [3.05, 3.63) is 70.8 Å². The molecule has 0 saturated heterocycles. The molecule has 1 atom stereocenters. The summed E-state index contributed by atoms with van der Waals surface area (Å²) in [7, 11) is 0. The number of hydrogen-bond acceptors (Lipinski definition) is 3. The van der Waals surface area contributed by atoms with Crippen LogP contribution in [-0.2, 0) is 6.42 Å². The lowest BCUT2D eigenvalue weighted by atomic mass is 10.1. The molecule has 0 fully saturated rings. The first-order chi connectivity index (χ1) is 10.6. The molecule has 1 aliphatic heterocycles. The first-order valence-corrected chi connectivity index (χ1v) is 7.34. The highest BCUT2D eigenvalue weighted by molar-refractivity contribution is 6.21. The molecule has 0 spiro atoms. The van der Waals surface area contributed by atoms with Crippen molar-refractivity contribution in [1.29, 1.82) is 0 Å². The van der Waals surface area contributed by atoms with Crippen LogP contribution in [0.3, 0.4) is 0 Å². The van der Waals surface area contributed by atoms with E-state index >= 15 is 0 Å². The molecule has 2 aromatic carbocycles. The Morgan fingerprint density at radius 1 is 0.955 bits per heavy atom. The fraction of sp³-hybridized carbons (Fsp3) is 0.222.